The van der Waals surface area contributed by atoms with Crippen LogP contribution in [0.4, 0.5) is 0 Å². The Kier molecular flexibility index (Phi) is 3.72. The minimum Gasteiger partial charge on any atom is -0.478 e. The lowest BCUT2D eigenvalue weighted by atomic mass is 10.2. The third kappa shape index (κ3) is 3.49. The maximum atomic E-state index is 9.95. The van der Waals surface area contributed by atoms with E-state index in [0.717, 1.165) is 6.08 Å². The van der Waals surface area contributed by atoms with Crippen molar-refractivity contribution >= 4 is 5.97 Å². The summed E-state index contributed by atoms with van der Waals surface area (Å²) in [4.78, 5) is 9.95. The Labute approximate surface area is 59.2 Å². The van der Waals surface area contributed by atoms with Crippen molar-refractivity contribution in [1.29, 1.82) is 0 Å². The van der Waals surface area contributed by atoms with Crippen LogP contribution in [-0.2, 0) is 4.79 Å². The molecule has 0 saturated carbocycles. The molecule has 0 rings (SSSR count). The summed E-state index contributed by atoms with van der Waals surface area (Å²) in [6, 6.07) is 0. The van der Waals surface area contributed by atoms with Gasteiger partial charge in [0.2, 0.25) is 0 Å². The molecule has 0 aromatic heterocycles. The van der Waals surface area contributed by atoms with Crippen LogP contribution in [0.15, 0.2) is 36.6 Å². The summed E-state index contributed by atoms with van der Waals surface area (Å²) >= 11 is 0. The van der Waals surface area contributed by atoms with Crippen LogP contribution in [-0.4, -0.2) is 11.1 Å². The minimum absolute atomic E-state index is 0.586. The third-order valence-electron chi connectivity index (χ3n) is 0.847. The summed E-state index contributed by atoms with van der Waals surface area (Å²) in [6.07, 6.45) is 5.13. The quantitative estimate of drug-likeness (QED) is 0.446. The molecule has 3 N–H and O–H groups in total. The zero-order valence-electron chi connectivity index (χ0n) is 5.45. The van der Waals surface area contributed by atoms with Gasteiger partial charge in [-0.25, -0.2) is 4.79 Å². The molecule has 0 aliphatic carbocycles. The van der Waals surface area contributed by atoms with Crippen molar-refractivity contribution in [1.82, 2.24) is 0 Å². The second-order valence-electron chi connectivity index (χ2n) is 1.54. The minimum atomic E-state index is -0.999. The molecule has 0 atom stereocenters. The highest BCUT2D eigenvalue weighted by Gasteiger charge is 1.85. The molecular weight excluding hydrogens is 130 g/mol. The van der Waals surface area contributed by atoms with Gasteiger partial charge in [0.05, 0.1) is 0 Å². The van der Waals surface area contributed by atoms with Crippen LogP contribution in [0.3, 0.4) is 0 Å². The summed E-state index contributed by atoms with van der Waals surface area (Å²) in [5.74, 6) is -0.999. The van der Waals surface area contributed by atoms with Crippen LogP contribution >= 0.6 is 0 Å². The average molecular weight is 139 g/mol. The highest BCUT2D eigenvalue weighted by atomic mass is 16.4. The van der Waals surface area contributed by atoms with Crippen LogP contribution in [0.5, 0.6) is 0 Å². The lowest BCUT2D eigenvalue weighted by molar-refractivity contribution is -0.131. The van der Waals surface area contributed by atoms with Crippen molar-refractivity contribution in [2.75, 3.05) is 0 Å². The Bertz CT molecular complexity index is 192. The second-order valence-corrected chi connectivity index (χ2v) is 1.54. The van der Waals surface area contributed by atoms with Gasteiger partial charge < -0.3 is 10.8 Å². The Morgan fingerprint density at radius 1 is 1.50 bits per heavy atom. The zero-order valence-corrected chi connectivity index (χ0v) is 5.45. The molecule has 0 amide bonds. The smallest absolute Gasteiger partial charge is 0.328 e. The van der Waals surface area contributed by atoms with E-state index in [1.807, 2.05) is 0 Å². The highest BCUT2D eigenvalue weighted by molar-refractivity contribution is 5.80. The Morgan fingerprint density at radius 3 is 2.40 bits per heavy atom. The van der Waals surface area contributed by atoms with Crippen LogP contribution in [0.2, 0.25) is 0 Å². The molecular formula is C7H9NO2. The van der Waals surface area contributed by atoms with Gasteiger partial charge in [-0.3, -0.25) is 0 Å². The normalized spacial score (nSPS) is 11.8. The maximum absolute atomic E-state index is 9.95. The average Bonchev–Trinajstić information content (AvgIpc) is 1.90. The molecule has 0 aromatic rings. The van der Waals surface area contributed by atoms with E-state index in [4.69, 9.17) is 10.8 Å². The summed E-state index contributed by atoms with van der Waals surface area (Å²) < 4.78 is 0. The number of carbonyl (C=O) groups is 1. The van der Waals surface area contributed by atoms with Gasteiger partial charge >= 0.3 is 5.97 Å². The Hall–Kier alpha value is -1.51. The van der Waals surface area contributed by atoms with Gasteiger partial charge in [-0.15, -0.1) is 0 Å². The molecule has 0 saturated heterocycles. The number of allylic oxidation sites excluding steroid dienone is 3. The molecule has 0 unspecified atom stereocenters. The molecule has 0 aromatic carbocycles. The fourth-order valence-electron chi connectivity index (χ4n) is 0.359. The fourth-order valence-corrected chi connectivity index (χ4v) is 0.359. The molecule has 0 spiro atoms. The first-order chi connectivity index (χ1) is 4.70. The van der Waals surface area contributed by atoms with Crippen LogP contribution in [0.25, 0.3) is 0 Å². The van der Waals surface area contributed by atoms with E-state index in [1.165, 1.54) is 18.4 Å². The first-order valence-electron chi connectivity index (χ1n) is 2.66. The predicted octanol–water partition coefficient (Wildman–Crippen LogP) is 0.656. The summed E-state index contributed by atoms with van der Waals surface area (Å²) in [5, 5.41) is 8.16. The van der Waals surface area contributed by atoms with Gasteiger partial charge in [-0.1, -0.05) is 12.7 Å². The summed E-state index contributed by atoms with van der Waals surface area (Å²) in [5.41, 5.74) is 5.68. The first-order valence-corrected chi connectivity index (χ1v) is 2.66. The van der Waals surface area contributed by atoms with Crippen molar-refractivity contribution in [2.24, 2.45) is 5.73 Å². The molecule has 10 heavy (non-hydrogen) atoms. The number of hydrogen-bond acceptors (Lipinski definition) is 2. The number of nitrogens with two attached hydrogens (primary N) is 1. The number of carboxylic acids is 1. The topological polar surface area (TPSA) is 63.3 Å². The molecule has 0 heterocycles. The Balaban J connectivity index is 4.11. The van der Waals surface area contributed by atoms with Gasteiger partial charge in [-0.05, 0) is 11.6 Å². The zero-order chi connectivity index (χ0) is 7.98. The molecule has 0 aliphatic rings. The van der Waals surface area contributed by atoms with Gasteiger partial charge in [0.15, 0.2) is 0 Å². The van der Waals surface area contributed by atoms with E-state index < -0.39 is 5.97 Å². The molecule has 0 aliphatic heterocycles. The van der Waals surface area contributed by atoms with Crippen molar-refractivity contribution in [3.8, 4) is 0 Å². The first kappa shape index (κ1) is 8.49. The van der Waals surface area contributed by atoms with E-state index in [9.17, 15) is 4.79 Å². The Morgan fingerprint density at radius 2 is 2.10 bits per heavy atom. The standard InChI is InChI=1S/C7H9NO2/c1-2-6(5-8)3-4-7(9)10/h2-5H,1,8H2,(H,9,10)/b4-3+,6-5+. The maximum Gasteiger partial charge on any atom is 0.328 e. The fraction of sp³-hybridized carbons (Fsp3) is 0. The predicted molar refractivity (Wildman–Crippen MR) is 39.2 cm³/mol. The highest BCUT2D eigenvalue weighted by Crippen LogP contribution is 1.93. The van der Waals surface area contributed by atoms with E-state index in [0.29, 0.717) is 5.57 Å². The molecule has 0 radical (unpaired) electrons. The van der Waals surface area contributed by atoms with Gasteiger partial charge in [0.25, 0.3) is 0 Å². The van der Waals surface area contributed by atoms with Crippen LogP contribution in [0, 0.1) is 0 Å². The lowest BCUT2D eigenvalue weighted by Gasteiger charge is -1.86. The summed E-state index contributed by atoms with van der Waals surface area (Å²) in [7, 11) is 0. The van der Waals surface area contributed by atoms with Gasteiger partial charge in [-0.2, -0.15) is 0 Å². The van der Waals surface area contributed by atoms with Gasteiger partial charge in [0, 0.05) is 12.3 Å². The number of aliphatic carboxylic acids is 1. The van der Waals surface area contributed by atoms with Crippen molar-refractivity contribution in [3.63, 3.8) is 0 Å². The number of carboxylic acid groups (broad SMARTS) is 1. The monoisotopic (exact) mass is 139 g/mol. The van der Waals surface area contributed by atoms with Crippen molar-refractivity contribution < 1.29 is 9.90 Å². The molecule has 0 bridgehead atoms. The van der Waals surface area contributed by atoms with Crippen molar-refractivity contribution in [2.45, 2.75) is 0 Å². The van der Waals surface area contributed by atoms with E-state index in [2.05, 4.69) is 6.58 Å². The molecule has 0 fully saturated rings. The SMILES string of the molecule is C=CC(/C=C/C(=O)O)=C\N. The molecule has 54 valence electrons. The summed E-state index contributed by atoms with van der Waals surface area (Å²) in [6.45, 7) is 3.42. The van der Waals surface area contributed by atoms with Crippen molar-refractivity contribution in [3.05, 3.63) is 36.6 Å². The van der Waals surface area contributed by atoms with Crippen LogP contribution < -0.4 is 5.73 Å². The molecule has 3 nitrogen and oxygen atoms in total. The van der Waals surface area contributed by atoms with E-state index in [-0.39, 0.29) is 0 Å². The van der Waals surface area contributed by atoms with Crippen LogP contribution in [0.1, 0.15) is 0 Å². The van der Waals surface area contributed by atoms with Gasteiger partial charge in [0.1, 0.15) is 0 Å². The third-order valence-corrected chi connectivity index (χ3v) is 0.847. The largest absolute Gasteiger partial charge is 0.478 e. The molecule has 3 heteroatoms. The number of rotatable bonds is 3. The van der Waals surface area contributed by atoms with E-state index in [1.54, 1.807) is 0 Å². The van der Waals surface area contributed by atoms with E-state index >= 15 is 0 Å². The lowest BCUT2D eigenvalue weighted by Crippen LogP contribution is -1.87. The second kappa shape index (κ2) is 4.38. The number of hydrogen-bond donors (Lipinski definition) is 2.